The van der Waals surface area contributed by atoms with Crippen LogP contribution in [0.15, 0.2) is 0 Å². The lowest BCUT2D eigenvalue weighted by atomic mass is 9.80. The van der Waals surface area contributed by atoms with Crippen molar-refractivity contribution in [3.8, 4) is 0 Å². The van der Waals surface area contributed by atoms with Crippen LogP contribution in [0.3, 0.4) is 0 Å². The summed E-state index contributed by atoms with van der Waals surface area (Å²) in [5, 5.41) is 15.7. The first-order chi connectivity index (χ1) is 9.19. The van der Waals surface area contributed by atoms with Crippen LogP contribution in [0.4, 0.5) is 4.79 Å². The molecule has 0 spiro atoms. The Morgan fingerprint density at radius 1 is 1.26 bits per heavy atom. The van der Waals surface area contributed by atoms with Crippen LogP contribution >= 0.6 is 0 Å². The van der Waals surface area contributed by atoms with E-state index in [1.165, 1.54) is 38.5 Å². The molecule has 19 heavy (non-hydrogen) atoms. The molecule has 0 aromatic carbocycles. The number of rotatable bonds is 4. The second-order valence-electron chi connectivity index (χ2n) is 6.80. The molecule has 3 fully saturated rings. The highest BCUT2D eigenvalue weighted by Crippen LogP contribution is 2.48. The molecule has 2 bridgehead atoms. The fourth-order valence-corrected chi connectivity index (χ4v) is 4.36. The number of amides is 2. The van der Waals surface area contributed by atoms with Crippen molar-refractivity contribution in [1.29, 1.82) is 0 Å². The quantitative estimate of drug-likeness (QED) is 0.727. The summed E-state index contributed by atoms with van der Waals surface area (Å²) >= 11 is 0. The van der Waals surface area contributed by atoms with Gasteiger partial charge in [-0.15, -0.1) is 0 Å². The van der Waals surface area contributed by atoms with Crippen LogP contribution in [-0.2, 0) is 0 Å². The third-order valence-corrected chi connectivity index (χ3v) is 5.81. The van der Waals surface area contributed by atoms with Gasteiger partial charge in [-0.05, 0) is 56.8 Å². The van der Waals surface area contributed by atoms with Crippen LogP contribution in [0.25, 0.3) is 0 Å². The maximum atomic E-state index is 12.1. The molecule has 3 rings (SSSR count). The van der Waals surface area contributed by atoms with Gasteiger partial charge in [0.25, 0.3) is 0 Å². The molecule has 3 aliphatic carbocycles. The van der Waals surface area contributed by atoms with E-state index in [1.54, 1.807) is 0 Å². The van der Waals surface area contributed by atoms with E-state index in [0.29, 0.717) is 17.8 Å². The molecule has 0 saturated heterocycles. The molecule has 3 saturated carbocycles. The van der Waals surface area contributed by atoms with Crippen molar-refractivity contribution in [2.24, 2.45) is 23.7 Å². The standard InChI is InChI=1S/C15H26N2O2/c1-9(10-3-2-4-10)16-15(19)17-14-12-6-5-11(7-12)13(14)8-18/h9-14,18H,2-8H2,1H3,(H2,16,17,19). The van der Waals surface area contributed by atoms with Crippen molar-refractivity contribution in [1.82, 2.24) is 10.6 Å². The molecule has 0 aliphatic heterocycles. The van der Waals surface area contributed by atoms with E-state index < -0.39 is 0 Å². The summed E-state index contributed by atoms with van der Waals surface area (Å²) in [6.07, 6.45) is 7.42. The molecule has 2 amide bonds. The molecule has 4 nitrogen and oxygen atoms in total. The summed E-state index contributed by atoms with van der Waals surface area (Å²) in [6.45, 7) is 2.32. The van der Waals surface area contributed by atoms with Gasteiger partial charge >= 0.3 is 6.03 Å². The van der Waals surface area contributed by atoms with Crippen molar-refractivity contribution < 1.29 is 9.90 Å². The lowest BCUT2D eigenvalue weighted by Gasteiger charge is -2.34. The normalized spacial score (nSPS) is 38.8. The first-order valence-electron chi connectivity index (χ1n) is 7.87. The van der Waals surface area contributed by atoms with Crippen molar-refractivity contribution in [2.45, 2.75) is 57.5 Å². The molecule has 0 aromatic heterocycles. The number of carbonyl (C=O) groups excluding carboxylic acids is 1. The highest BCUT2D eigenvalue weighted by molar-refractivity contribution is 5.74. The Balaban J connectivity index is 1.51. The SMILES string of the molecule is CC(NC(=O)NC1C2CCC(C2)C1CO)C1CCC1. The van der Waals surface area contributed by atoms with Gasteiger partial charge in [-0.3, -0.25) is 0 Å². The van der Waals surface area contributed by atoms with Gasteiger partial charge in [0.05, 0.1) is 0 Å². The summed E-state index contributed by atoms with van der Waals surface area (Å²) in [5.41, 5.74) is 0. The molecule has 108 valence electrons. The van der Waals surface area contributed by atoms with Crippen molar-refractivity contribution in [2.75, 3.05) is 6.61 Å². The Labute approximate surface area is 115 Å². The molecule has 3 N–H and O–H groups in total. The summed E-state index contributed by atoms with van der Waals surface area (Å²) in [5.74, 6) is 2.17. The zero-order valence-electron chi connectivity index (χ0n) is 11.8. The van der Waals surface area contributed by atoms with Gasteiger partial charge in [-0.2, -0.15) is 0 Å². The van der Waals surface area contributed by atoms with Crippen molar-refractivity contribution in [3.63, 3.8) is 0 Å². The average molecular weight is 266 g/mol. The van der Waals surface area contributed by atoms with E-state index in [2.05, 4.69) is 17.6 Å². The van der Waals surface area contributed by atoms with E-state index >= 15 is 0 Å². The summed E-state index contributed by atoms with van der Waals surface area (Å²) in [7, 11) is 0. The van der Waals surface area contributed by atoms with Gasteiger partial charge in [0.15, 0.2) is 0 Å². The third-order valence-electron chi connectivity index (χ3n) is 5.81. The maximum Gasteiger partial charge on any atom is 0.315 e. The molecular formula is C15H26N2O2. The van der Waals surface area contributed by atoms with Crippen molar-refractivity contribution >= 4 is 6.03 Å². The number of hydrogen-bond acceptors (Lipinski definition) is 2. The zero-order chi connectivity index (χ0) is 13.4. The van der Waals surface area contributed by atoms with Gasteiger partial charge in [0, 0.05) is 24.6 Å². The fraction of sp³-hybridized carbons (Fsp3) is 0.933. The minimum Gasteiger partial charge on any atom is -0.396 e. The number of aliphatic hydroxyl groups is 1. The predicted molar refractivity (Wildman–Crippen MR) is 73.7 cm³/mol. The maximum absolute atomic E-state index is 12.1. The smallest absolute Gasteiger partial charge is 0.315 e. The molecule has 5 atom stereocenters. The Hall–Kier alpha value is -0.770. The molecule has 3 aliphatic rings. The lowest BCUT2D eigenvalue weighted by molar-refractivity contribution is 0.142. The Morgan fingerprint density at radius 3 is 2.63 bits per heavy atom. The largest absolute Gasteiger partial charge is 0.396 e. The minimum atomic E-state index is -0.0320. The number of carbonyl (C=O) groups is 1. The van der Waals surface area contributed by atoms with Gasteiger partial charge in [-0.1, -0.05) is 6.42 Å². The highest BCUT2D eigenvalue weighted by atomic mass is 16.3. The van der Waals surface area contributed by atoms with Gasteiger partial charge in [-0.25, -0.2) is 4.79 Å². The molecule has 0 heterocycles. The van der Waals surface area contributed by atoms with Crippen LogP contribution in [-0.4, -0.2) is 29.8 Å². The van der Waals surface area contributed by atoms with Crippen LogP contribution in [0, 0.1) is 23.7 Å². The molecule has 0 aromatic rings. The molecule has 5 unspecified atom stereocenters. The van der Waals surface area contributed by atoms with E-state index in [4.69, 9.17) is 0 Å². The summed E-state index contributed by atoms with van der Waals surface area (Å²) in [6, 6.07) is 0.438. The van der Waals surface area contributed by atoms with E-state index in [1.807, 2.05) is 0 Å². The van der Waals surface area contributed by atoms with Gasteiger partial charge in [0.1, 0.15) is 0 Å². The van der Waals surface area contributed by atoms with Crippen LogP contribution in [0.1, 0.15) is 45.4 Å². The Bertz CT molecular complexity index is 343. The van der Waals surface area contributed by atoms with Crippen LogP contribution in [0.2, 0.25) is 0 Å². The lowest BCUT2D eigenvalue weighted by Crippen LogP contribution is -2.52. The highest BCUT2D eigenvalue weighted by Gasteiger charge is 2.47. The van der Waals surface area contributed by atoms with Gasteiger partial charge < -0.3 is 15.7 Å². The number of nitrogens with one attached hydrogen (secondary N) is 2. The zero-order valence-corrected chi connectivity index (χ0v) is 11.8. The first-order valence-corrected chi connectivity index (χ1v) is 7.87. The van der Waals surface area contributed by atoms with Crippen LogP contribution in [0.5, 0.6) is 0 Å². The fourth-order valence-electron chi connectivity index (χ4n) is 4.36. The predicted octanol–water partition coefficient (Wildman–Crippen LogP) is 1.88. The Morgan fingerprint density at radius 2 is 2.00 bits per heavy atom. The molecular weight excluding hydrogens is 240 g/mol. The number of aliphatic hydroxyl groups excluding tert-OH is 1. The van der Waals surface area contributed by atoms with E-state index in [9.17, 15) is 9.90 Å². The number of fused-ring (bicyclic) bond motifs is 2. The number of urea groups is 1. The van der Waals surface area contributed by atoms with E-state index in [0.717, 1.165) is 0 Å². The van der Waals surface area contributed by atoms with Crippen LogP contribution < -0.4 is 10.6 Å². The number of hydrogen-bond donors (Lipinski definition) is 3. The third kappa shape index (κ3) is 2.47. The minimum absolute atomic E-state index is 0.0320. The Kier molecular flexibility index (Phi) is 3.70. The summed E-state index contributed by atoms with van der Waals surface area (Å²) < 4.78 is 0. The molecule has 4 heteroatoms. The molecule has 0 radical (unpaired) electrons. The second kappa shape index (κ2) is 5.31. The average Bonchev–Trinajstić information content (AvgIpc) is 2.86. The van der Waals surface area contributed by atoms with Gasteiger partial charge in [0.2, 0.25) is 0 Å². The first kappa shape index (κ1) is 13.2. The summed E-state index contributed by atoms with van der Waals surface area (Å²) in [4.78, 5) is 12.1. The van der Waals surface area contributed by atoms with E-state index in [-0.39, 0.29) is 30.6 Å². The second-order valence-corrected chi connectivity index (χ2v) is 6.80. The topological polar surface area (TPSA) is 61.4 Å². The monoisotopic (exact) mass is 266 g/mol. The van der Waals surface area contributed by atoms with Crippen molar-refractivity contribution in [3.05, 3.63) is 0 Å².